The Morgan fingerprint density at radius 3 is 2.35 bits per heavy atom. The number of ketones is 1. The molecule has 5 rings (SSSR count). The number of methoxy groups -OCH3 is 1. The van der Waals surface area contributed by atoms with Crippen LogP contribution >= 0.6 is 0 Å². The molecular formula is C31H31FN2O3. The van der Waals surface area contributed by atoms with Gasteiger partial charge < -0.3 is 9.64 Å². The molecule has 3 aromatic carbocycles. The summed E-state index contributed by atoms with van der Waals surface area (Å²) in [6.45, 7) is 4.00. The van der Waals surface area contributed by atoms with Gasteiger partial charge in [-0.25, -0.2) is 4.39 Å². The van der Waals surface area contributed by atoms with Gasteiger partial charge in [0.2, 0.25) is 5.91 Å². The molecule has 1 fully saturated rings. The van der Waals surface area contributed by atoms with Crippen LogP contribution in [-0.4, -0.2) is 24.5 Å². The summed E-state index contributed by atoms with van der Waals surface area (Å²) in [6, 6.07) is 20.9. The first-order valence-corrected chi connectivity index (χ1v) is 12.8. The van der Waals surface area contributed by atoms with Crippen molar-refractivity contribution in [2.75, 3.05) is 12.0 Å². The molecule has 1 aliphatic heterocycles. The van der Waals surface area contributed by atoms with Gasteiger partial charge in [0.15, 0.2) is 0 Å². The van der Waals surface area contributed by atoms with Gasteiger partial charge in [0.25, 0.3) is 0 Å². The Kier molecular flexibility index (Phi) is 6.92. The molecule has 1 aliphatic carbocycles. The van der Waals surface area contributed by atoms with E-state index >= 15 is 0 Å². The Morgan fingerprint density at radius 2 is 1.68 bits per heavy atom. The van der Waals surface area contributed by atoms with Gasteiger partial charge in [-0.1, -0.05) is 50.2 Å². The minimum atomic E-state index is -0.608. The summed E-state index contributed by atoms with van der Waals surface area (Å²) in [5.74, 6) is -0.121. The highest BCUT2D eigenvalue weighted by atomic mass is 19.1. The maximum Gasteiger partial charge on any atom is 0.227 e. The molecule has 1 heterocycles. The van der Waals surface area contributed by atoms with Crippen LogP contribution in [0.2, 0.25) is 0 Å². The average molecular weight is 499 g/mol. The minimum Gasteiger partial charge on any atom is -0.497 e. The number of halogens is 1. The number of benzene rings is 3. The first-order valence-electron chi connectivity index (χ1n) is 12.8. The van der Waals surface area contributed by atoms with E-state index in [0.717, 1.165) is 22.6 Å². The van der Waals surface area contributed by atoms with E-state index in [2.05, 4.69) is 0 Å². The standard InChI is InChI=1S/C31H31FN2O3/c1-19(2)16-29(36)34-27-7-5-4-6-25(27)33-26-17-22(20-10-14-24(37-3)15-11-20)18-28(35)30(26)31(34)21-8-12-23(32)13-9-21/h4-15,19,22,30-31H,16-18H2,1-3H3. The summed E-state index contributed by atoms with van der Waals surface area (Å²) < 4.78 is 19.2. The lowest BCUT2D eigenvalue weighted by Crippen LogP contribution is -2.45. The number of nitrogens with zero attached hydrogens (tertiary/aromatic N) is 2. The number of ether oxygens (including phenoxy) is 1. The molecule has 0 bridgehead atoms. The Hall–Kier alpha value is -3.80. The number of carbonyl (C=O) groups is 2. The van der Waals surface area contributed by atoms with E-state index in [1.165, 1.54) is 12.1 Å². The van der Waals surface area contributed by atoms with Gasteiger partial charge in [0.05, 0.1) is 30.4 Å². The third kappa shape index (κ3) is 4.93. The average Bonchev–Trinajstić information content (AvgIpc) is 3.03. The molecular weight excluding hydrogens is 467 g/mol. The summed E-state index contributed by atoms with van der Waals surface area (Å²) >= 11 is 0. The van der Waals surface area contributed by atoms with Gasteiger partial charge in [-0.05, 0) is 65.8 Å². The number of fused-ring (bicyclic) bond motifs is 2. The predicted octanol–water partition coefficient (Wildman–Crippen LogP) is 6.80. The number of carbonyl (C=O) groups excluding carboxylic acids is 2. The van der Waals surface area contributed by atoms with Crippen LogP contribution in [0.1, 0.15) is 56.2 Å². The fourth-order valence-corrected chi connectivity index (χ4v) is 5.55. The van der Waals surface area contributed by atoms with Crippen LogP contribution in [0.4, 0.5) is 15.8 Å². The molecule has 3 unspecified atom stereocenters. The molecule has 3 aromatic rings. The van der Waals surface area contributed by atoms with Crippen LogP contribution < -0.4 is 9.64 Å². The van der Waals surface area contributed by atoms with Crippen LogP contribution in [0.5, 0.6) is 5.75 Å². The van der Waals surface area contributed by atoms with Crippen LogP contribution in [0.3, 0.4) is 0 Å². The van der Waals surface area contributed by atoms with Crippen molar-refractivity contribution in [2.24, 2.45) is 16.8 Å². The van der Waals surface area contributed by atoms with Crippen LogP contribution in [0.25, 0.3) is 0 Å². The first kappa shape index (κ1) is 24.9. The molecule has 0 radical (unpaired) electrons. The number of Topliss-reactive ketones (excluding diaryl/α,β-unsaturated/α-hetero) is 1. The number of para-hydroxylation sites is 2. The summed E-state index contributed by atoms with van der Waals surface area (Å²) in [7, 11) is 1.63. The number of anilines is 1. The van der Waals surface area contributed by atoms with Gasteiger partial charge in [-0.2, -0.15) is 0 Å². The molecule has 6 heteroatoms. The number of amides is 1. The Balaban J connectivity index is 1.64. The van der Waals surface area contributed by atoms with Crippen molar-refractivity contribution in [3.63, 3.8) is 0 Å². The first-order chi connectivity index (χ1) is 17.9. The van der Waals surface area contributed by atoms with E-state index in [0.29, 0.717) is 30.6 Å². The Morgan fingerprint density at radius 1 is 1.00 bits per heavy atom. The molecule has 1 amide bonds. The third-order valence-electron chi connectivity index (χ3n) is 7.26. The van der Waals surface area contributed by atoms with Crippen molar-refractivity contribution in [1.82, 2.24) is 0 Å². The molecule has 0 saturated heterocycles. The quantitative estimate of drug-likeness (QED) is 0.389. The second kappa shape index (κ2) is 10.3. The van der Waals surface area contributed by atoms with Crippen LogP contribution in [-0.2, 0) is 9.59 Å². The second-order valence-electron chi connectivity index (χ2n) is 10.3. The normalized spacial score (nSPS) is 21.1. The molecule has 5 nitrogen and oxygen atoms in total. The zero-order valence-electron chi connectivity index (χ0n) is 21.4. The lowest BCUT2D eigenvalue weighted by molar-refractivity contribution is -0.123. The smallest absolute Gasteiger partial charge is 0.227 e. The van der Waals surface area contributed by atoms with Gasteiger partial charge in [0.1, 0.15) is 17.3 Å². The van der Waals surface area contributed by atoms with Gasteiger partial charge in [0, 0.05) is 18.6 Å². The molecule has 3 atom stereocenters. The molecule has 0 spiro atoms. The highest BCUT2D eigenvalue weighted by Crippen LogP contribution is 2.47. The zero-order chi connectivity index (χ0) is 26.1. The SMILES string of the molecule is COc1ccc(C2CC(=O)C3C(=Nc4ccccc4N(C(=O)CC(C)C)C3c3ccc(F)cc3)C2)cc1. The maximum absolute atomic E-state index is 14.0. The van der Waals surface area contributed by atoms with Crippen molar-refractivity contribution < 1.29 is 18.7 Å². The summed E-state index contributed by atoms with van der Waals surface area (Å²) in [6.07, 6.45) is 1.27. The van der Waals surface area contributed by atoms with E-state index in [9.17, 15) is 14.0 Å². The van der Waals surface area contributed by atoms with E-state index in [-0.39, 0.29) is 29.3 Å². The molecule has 190 valence electrons. The van der Waals surface area contributed by atoms with E-state index in [1.54, 1.807) is 24.1 Å². The fraction of sp³-hybridized carbons (Fsp3) is 0.323. The minimum absolute atomic E-state index is 0.0210. The van der Waals surface area contributed by atoms with Crippen LogP contribution in [0.15, 0.2) is 77.8 Å². The maximum atomic E-state index is 14.0. The van der Waals surface area contributed by atoms with Crippen molar-refractivity contribution in [2.45, 2.75) is 45.1 Å². The molecule has 37 heavy (non-hydrogen) atoms. The molecule has 0 N–H and O–H groups in total. The third-order valence-corrected chi connectivity index (χ3v) is 7.26. The van der Waals surface area contributed by atoms with Crippen molar-refractivity contribution >= 4 is 28.8 Å². The van der Waals surface area contributed by atoms with Crippen molar-refractivity contribution in [1.29, 1.82) is 0 Å². The lowest BCUT2D eigenvalue weighted by Gasteiger charge is -2.39. The van der Waals surface area contributed by atoms with Crippen LogP contribution in [0, 0.1) is 17.7 Å². The predicted molar refractivity (Wildman–Crippen MR) is 143 cm³/mol. The summed E-state index contributed by atoms with van der Waals surface area (Å²) in [5.41, 5.74) is 3.90. The van der Waals surface area contributed by atoms with Crippen molar-refractivity contribution in [3.05, 3.63) is 89.7 Å². The van der Waals surface area contributed by atoms with E-state index in [4.69, 9.17) is 9.73 Å². The zero-order valence-corrected chi connectivity index (χ0v) is 21.4. The highest BCUT2D eigenvalue weighted by Gasteiger charge is 2.46. The van der Waals surface area contributed by atoms with Crippen molar-refractivity contribution in [3.8, 4) is 5.75 Å². The van der Waals surface area contributed by atoms with Gasteiger partial charge >= 0.3 is 0 Å². The van der Waals surface area contributed by atoms with E-state index < -0.39 is 12.0 Å². The number of aliphatic imine (C=N–C) groups is 1. The molecule has 1 saturated carbocycles. The highest BCUT2D eigenvalue weighted by molar-refractivity contribution is 6.13. The fourth-order valence-electron chi connectivity index (χ4n) is 5.55. The summed E-state index contributed by atoms with van der Waals surface area (Å²) in [5, 5.41) is 0. The number of hydrogen-bond donors (Lipinski definition) is 0. The van der Waals surface area contributed by atoms with Gasteiger partial charge in [-0.3, -0.25) is 14.6 Å². The Bertz CT molecular complexity index is 1330. The Labute approximate surface area is 217 Å². The summed E-state index contributed by atoms with van der Waals surface area (Å²) in [4.78, 5) is 34.5. The lowest BCUT2D eigenvalue weighted by atomic mass is 9.72. The number of hydrogen-bond acceptors (Lipinski definition) is 4. The monoisotopic (exact) mass is 498 g/mol. The van der Waals surface area contributed by atoms with E-state index in [1.807, 2.05) is 62.4 Å². The topological polar surface area (TPSA) is 59.0 Å². The van der Waals surface area contributed by atoms with Gasteiger partial charge in [-0.15, -0.1) is 0 Å². The largest absolute Gasteiger partial charge is 0.497 e. The molecule has 2 aliphatic rings. The second-order valence-corrected chi connectivity index (χ2v) is 10.3. The molecule has 0 aromatic heterocycles. The number of rotatable bonds is 5.